The van der Waals surface area contributed by atoms with Crippen molar-refractivity contribution in [2.45, 2.75) is 51.7 Å². The number of rotatable bonds is 1. The highest BCUT2D eigenvalue weighted by molar-refractivity contribution is 5.04. The van der Waals surface area contributed by atoms with Gasteiger partial charge in [0.25, 0.3) is 0 Å². The second kappa shape index (κ2) is 2.73. The Hall–Kier alpha value is -0.0400. The van der Waals surface area contributed by atoms with E-state index in [9.17, 15) is 0 Å². The predicted octanol–water partition coefficient (Wildman–Crippen LogP) is 2.85. The predicted molar refractivity (Wildman–Crippen MR) is 52.4 cm³/mol. The summed E-state index contributed by atoms with van der Waals surface area (Å²) in [6.45, 7) is 4.88. The molecule has 0 amide bonds. The molecular weight excluding hydrogens is 160 g/mol. The third kappa shape index (κ3) is 1.16. The maximum atomic E-state index is 5.70. The Morgan fingerprint density at radius 1 is 1.08 bits per heavy atom. The zero-order valence-corrected chi connectivity index (χ0v) is 8.70. The van der Waals surface area contributed by atoms with Gasteiger partial charge in [-0.2, -0.15) is 0 Å². The van der Waals surface area contributed by atoms with Gasteiger partial charge in [0.1, 0.15) is 0 Å². The van der Waals surface area contributed by atoms with Crippen LogP contribution in [-0.2, 0) is 4.74 Å². The lowest BCUT2D eigenvalue weighted by Gasteiger charge is -2.27. The summed E-state index contributed by atoms with van der Waals surface area (Å²) in [5.74, 6) is 3.82. The molecule has 1 heteroatoms. The van der Waals surface area contributed by atoms with Crippen molar-refractivity contribution in [1.29, 1.82) is 0 Å². The van der Waals surface area contributed by atoms with E-state index >= 15 is 0 Å². The molecule has 0 aromatic carbocycles. The number of hydrogen-bond acceptors (Lipinski definition) is 1. The third-order valence-corrected chi connectivity index (χ3v) is 4.68. The fourth-order valence-electron chi connectivity index (χ4n) is 3.94. The average Bonchev–Trinajstić information content (AvgIpc) is 2.55. The number of epoxide rings is 1. The van der Waals surface area contributed by atoms with Crippen molar-refractivity contribution in [1.82, 2.24) is 0 Å². The first kappa shape index (κ1) is 8.28. The molecule has 6 unspecified atom stereocenters. The van der Waals surface area contributed by atoms with E-state index in [1.165, 1.54) is 25.7 Å². The second-order valence-corrected chi connectivity index (χ2v) is 5.50. The molecule has 3 aliphatic rings. The molecule has 1 saturated heterocycles. The van der Waals surface area contributed by atoms with Gasteiger partial charge in [0.2, 0.25) is 0 Å². The number of ether oxygens (including phenoxy) is 1. The van der Waals surface area contributed by atoms with Gasteiger partial charge >= 0.3 is 0 Å². The largest absolute Gasteiger partial charge is 0.369 e. The first-order valence-corrected chi connectivity index (χ1v) is 5.93. The van der Waals surface area contributed by atoms with Crippen molar-refractivity contribution in [3.63, 3.8) is 0 Å². The second-order valence-electron chi connectivity index (χ2n) is 5.50. The maximum Gasteiger partial charge on any atom is 0.0875 e. The highest BCUT2D eigenvalue weighted by Crippen LogP contribution is 2.54. The Morgan fingerprint density at radius 3 is 2.46 bits per heavy atom. The first-order valence-electron chi connectivity index (χ1n) is 5.93. The van der Waals surface area contributed by atoms with Gasteiger partial charge in [0, 0.05) is 0 Å². The minimum Gasteiger partial charge on any atom is -0.369 e. The summed E-state index contributed by atoms with van der Waals surface area (Å²) >= 11 is 0. The van der Waals surface area contributed by atoms with Gasteiger partial charge < -0.3 is 4.74 Å². The summed E-state index contributed by atoms with van der Waals surface area (Å²) < 4.78 is 5.70. The minimum atomic E-state index is 0.674. The topological polar surface area (TPSA) is 12.5 Å². The van der Waals surface area contributed by atoms with Crippen LogP contribution in [0.2, 0.25) is 0 Å². The Morgan fingerprint density at radius 2 is 1.92 bits per heavy atom. The minimum absolute atomic E-state index is 0.674. The molecule has 2 saturated carbocycles. The Balaban J connectivity index is 1.76. The fourth-order valence-corrected chi connectivity index (χ4v) is 3.94. The lowest BCUT2D eigenvalue weighted by Crippen LogP contribution is -2.25. The van der Waals surface area contributed by atoms with Crippen molar-refractivity contribution in [2.24, 2.45) is 23.7 Å². The smallest absolute Gasteiger partial charge is 0.0875 e. The molecule has 3 fully saturated rings. The molecule has 6 atom stereocenters. The molecule has 74 valence electrons. The normalized spacial score (nSPS) is 59.5. The molecule has 0 N–H and O–H groups in total. The lowest BCUT2D eigenvalue weighted by atomic mass is 9.79. The van der Waals surface area contributed by atoms with Crippen LogP contribution >= 0.6 is 0 Å². The molecule has 0 aromatic rings. The maximum absolute atomic E-state index is 5.70. The van der Waals surface area contributed by atoms with Gasteiger partial charge in [-0.1, -0.05) is 26.7 Å². The zero-order valence-electron chi connectivity index (χ0n) is 8.70. The SMILES string of the molecule is CC1CCCC1C1C(C)CC2OC21. The van der Waals surface area contributed by atoms with Crippen LogP contribution in [0.4, 0.5) is 0 Å². The monoisotopic (exact) mass is 180 g/mol. The van der Waals surface area contributed by atoms with Crippen molar-refractivity contribution < 1.29 is 4.74 Å². The van der Waals surface area contributed by atoms with Gasteiger partial charge in [-0.25, -0.2) is 0 Å². The summed E-state index contributed by atoms with van der Waals surface area (Å²) in [4.78, 5) is 0. The summed E-state index contributed by atoms with van der Waals surface area (Å²) in [7, 11) is 0. The molecule has 1 nitrogen and oxygen atoms in total. The molecule has 3 rings (SSSR count). The summed E-state index contributed by atoms with van der Waals surface area (Å²) in [5.41, 5.74) is 0. The van der Waals surface area contributed by atoms with E-state index in [1.54, 1.807) is 0 Å². The van der Waals surface area contributed by atoms with E-state index in [-0.39, 0.29) is 0 Å². The van der Waals surface area contributed by atoms with Crippen LogP contribution < -0.4 is 0 Å². The van der Waals surface area contributed by atoms with Crippen molar-refractivity contribution in [2.75, 3.05) is 0 Å². The van der Waals surface area contributed by atoms with E-state index in [2.05, 4.69) is 13.8 Å². The highest BCUT2D eigenvalue weighted by atomic mass is 16.6. The van der Waals surface area contributed by atoms with Crippen LogP contribution in [0.25, 0.3) is 0 Å². The quantitative estimate of drug-likeness (QED) is 0.565. The molecule has 0 spiro atoms. The molecule has 0 bridgehead atoms. The Kier molecular flexibility index (Phi) is 1.74. The summed E-state index contributed by atoms with van der Waals surface area (Å²) in [6, 6.07) is 0. The average molecular weight is 180 g/mol. The van der Waals surface area contributed by atoms with Crippen LogP contribution in [0.1, 0.15) is 39.5 Å². The zero-order chi connectivity index (χ0) is 9.00. The van der Waals surface area contributed by atoms with E-state index in [1.807, 2.05) is 0 Å². The Labute approximate surface area is 80.8 Å². The molecule has 1 aliphatic heterocycles. The molecule has 0 radical (unpaired) electrons. The van der Waals surface area contributed by atoms with Crippen LogP contribution in [0.15, 0.2) is 0 Å². The van der Waals surface area contributed by atoms with Gasteiger partial charge in [-0.15, -0.1) is 0 Å². The lowest BCUT2D eigenvalue weighted by molar-refractivity contribution is 0.137. The molecule has 2 aliphatic carbocycles. The standard InChI is InChI=1S/C12H20O/c1-7-4-3-5-9(7)11-8(2)6-10-12(11)13-10/h7-12H,3-6H2,1-2H3. The third-order valence-electron chi connectivity index (χ3n) is 4.68. The Bertz CT molecular complexity index is 211. The summed E-state index contributed by atoms with van der Waals surface area (Å²) in [5, 5.41) is 0. The van der Waals surface area contributed by atoms with Crippen molar-refractivity contribution in [3.05, 3.63) is 0 Å². The van der Waals surface area contributed by atoms with E-state index in [0.29, 0.717) is 12.2 Å². The van der Waals surface area contributed by atoms with E-state index < -0.39 is 0 Å². The van der Waals surface area contributed by atoms with Crippen LogP contribution in [-0.4, -0.2) is 12.2 Å². The van der Waals surface area contributed by atoms with Crippen LogP contribution in [0, 0.1) is 23.7 Å². The molecule has 0 aromatic heterocycles. The molecular formula is C12H20O. The summed E-state index contributed by atoms with van der Waals surface area (Å²) in [6.07, 6.45) is 7.10. The number of fused-ring (bicyclic) bond motifs is 1. The van der Waals surface area contributed by atoms with Gasteiger partial charge in [-0.3, -0.25) is 0 Å². The van der Waals surface area contributed by atoms with Crippen molar-refractivity contribution >= 4 is 0 Å². The van der Waals surface area contributed by atoms with Crippen molar-refractivity contribution in [3.8, 4) is 0 Å². The van der Waals surface area contributed by atoms with Crippen LogP contribution in [0.5, 0.6) is 0 Å². The molecule has 13 heavy (non-hydrogen) atoms. The molecule has 1 heterocycles. The number of hydrogen-bond donors (Lipinski definition) is 0. The highest BCUT2D eigenvalue weighted by Gasteiger charge is 2.57. The van der Waals surface area contributed by atoms with Gasteiger partial charge in [0.15, 0.2) is 0 Å². The van der Waals surface area contributed by atoms with E-state index in [4.69, 9.17) is 4.74 Å². The first-order chi connectivity index (χ1) is 6.27. The van der Waals surface area contributed by atoms with Crippen LogP contribution in [0.3, 0.4) is 0 Å². The van der Waals surface area contributed by atoms with Gasteiger partial charge in [0.05, 0.1) is 12.2 Å². The van der Waals surface area contributed by atoms with Gasteiger partial charge in [-0.05, 0) is 36.5 Å². The fraction of sp³-hybridized carbons (Fsp3) is 1.00. The van der Waals surface area contributed by atoms with E-state index in [0.717, 1.165) is 23.7 Å².